The topological polar surface area (TPSA) is 181 Å². The quantitative estimate of drug-likeness (QED) is 0.0280. The number of esters is 1. The molecule has 0 unspecified atom stereocenters. The first-order valence-electron chi connectivity index (χ1n) is 28.3. The molecule has 4 amide bonds. The molecule has 420 valence electrons. The minimum Gasteiger partial charge on any atom is -0.467 e. The van der Waals surface area contributed by atoms with E-state index in [1.54, 1.807) is 16.2 Å². The number of nitrogens with zero attached hydrogens (tertiary/aromatic N) is 5. The van der Waals surface area contributed by atoms with Gasteiger partial charge in [-0.1, -0.05) is 127 Å². The van der Waals surface area contributed by atoms with Gasteiger partial charge in [-0.25, -0.2) is 9.78 Å². The summed E-state index contributed by atoms with van der Waals surface area (Å²) in [6.07, 6.45) is 11.4. The number of amides is 4. The van der Waals surface area contributed by atoms with Crippen LogP contribution in [0.4, 0.5) is 0 Å². The number of rotatable bonds is 23. The standard InChI is InChI=1S/C61H81ClN8O7S/c1-40(42-21-25-44(26-22-42)55-41(2)64-39-78-55)65-57(73)50-35-46(71)38-69(50)59(75)56(61(3,4)5)63-29-17-13-11-9-7-8-10-12-14-18-30-67-31-33-68(34-32-67)58(74)45-27-23-43(24-28-45)54-53-48(47-19-15-16-20-49(47)66-53)36-51(60(76)77-6)70(54)52(72)37-62/h15-16,19-28,39-40,46,50-51,54,56,63,66,71H,7-14,17-18,29-38H2,1-6H3,(H,65,73)/t40-,46+,50-,51+,54-,56+/m0/s1. The zero-order chi connectivity index (χ0) is 55.5. The van der Waals surface area contributed by atoms with Crippen molar-refractivity contribution in [2.75, 3.05) is 58.8 Å². The minimum absolute atomic E-state index is 0.0145. The molecule has 2 saturated heterocycles. The van der Waals surface area contributed by atoms with Gasteiger partial charge in [0.25, 0.3) is 5.91 Å². The summed E-state index contributed by atoms with van der Waals surface area (Å²) in [6.45, 7) is 15.0. The van der Waals surface area contributed by atoms with Crippen molar-refractivity contribution in [3.8, 4) is 10.4 Å². The van der Waals surface area contributed by atoms with E-state index in [9.17, 15) is 29.1 Å². The Bertz CT molecular complexity index is 2820. The molecule has 0 radical (unpaired) electrons. The largest absolute Gasteiger partial charge is 0.467 e. The predicted octanol–water partition coefficient (Wildman–Crippen LogP) is 9.36. The van der Waals surface area contributed by atoms with Crippen molar-refractivity contribution in [3.05, 3.63) is 112 Å². The van der Waals surface area contributed by atoms with Gasteiger partial charge in [0.1, 0.15) is 18.0 Å². The third-order valence-electron chi connectivity index (χ3n) is 16.1. The summed E-state index contributed by atoms with van der Waals surface area (Å²) >= 11 is 7.74. The number of benzene rings is 3. The number of thiazole rings is 1. The molecule has 15 nitrogen and oxygen atoms in total. The molecule has 8 rings (SSSR count). The number of methoxy groups -OCH3 is 1. The molecule has 5 heterocycles. The van der Waals surface area contributed by atoms with E-state index in [-0.39, 0.29) is 53.9 Å². The van der Waals surface area contributed by atoms with Crippen molar-refractivity contribution < 1.29 is 33.8 Å². The van der Waals surface area contributed by atoms with Gasteiger partial charge < -0.3 is 40.2 Å². The lowest BCUT2D eigenvalue weighted by molar-refractivity contribution is -0.154. The number of H-pyrrole nitrogens is 1. The summed E-state index contributed by atoms with van der Waals surface area (Å²) < 4.78 is 5.18. The number of carbonyl (C=O) groups is 5. The molecule has 0 saturated carbocycles. The highest BCUT2D eigenvalue weighted by Gasteiger charge is 2.45. The number of nitrogens with one attached hydrogen (secondary N) is 3. The smallest absolute Gasteiger partial charge is 0.328 e. The number of ether oxygens (including phenoxy) is 1. The fourth-order valence-corrected chi connectivity index (χ4v) is 12.7. The average molecular weight is 1110 g/mol. The summed E-state index contributed by atoms with van der Waals surface area (Å²) in [7, 11) is 1.33. The first kappa shape index (κ1) is 58.5. The number of aromatic amines is 1. The summed E-state index contributed by atoms with van der Waals surface area (Å²) in [6, 6.07) is 20.5. The summed E-state index contributed by atoms with van der Waals surface area (Å²) in [5, 5.41) is 18.3. The average Bonchev–Trinajstić information content (AvgIpc) is 4.27. The van der Waals surface area contributed by atoms with Crippen molar-refractivity contribution in [2.45, 2.75) is 148 Å². The number of para-hydroxylation sites is 1. The maximum atomic E-state index is 14.1. The molecule has 0 bridgehead atoms. The van der Waals surface area contributed by atoms with E-state index >= 15 is 0 Å². The van der Waals surface area contributed by atoms with Gasteiger partial charge in [-0.3, -0.25) is 24.1 Å². The third-order valence-corrected chi connectivity index (χ3v) is 17.4. The predicted molar refractivity (Wildman–Crippen MR) is 308 cm³/mol. The van der Waals surface area contributed by atoms with Gasteiger partial charge in [-0.05, 0) is 85.6 Å². The van der Waals surface area contributed by atoms with E-state index in [2.05, 4.69) is 25.5 Å². The van der Waals surface area contributed by atoms with Crippen LogP contribution in [-0.2, 0) is 30.3 Å². The number of hydrogen-bond donors (Lipinski definition) is 4. The lowest BCUT2D eigenvalue weighted by Crippen LogP contribution is -2.56. The second-order valence-corrected chi connectivity index (χ2v) is 23.8. The molecule has 78 heavy (non-hydrogen) atoms. The zero-order valence-electron chi connectivity index (χ0n) is 46.5. The Kier molecular flexibility index (Phi) is 20.3. The lowest BCUT2D eigenvalue weighted by Gasteiger charge is -2.40. The van der Waals surface area contributed by atoms with Crippen LogP contribution in [0.5, 0.6) is 0 Å². The van der Waals surface area contributed by atoms with Gasteiger partial charge >= 0.3 is 5.97 Å². The number of aromatic nitrogens is 2. The Morgan fingerprint density at radius 3 is 2.14 bits per heavy atom. The number of alkyl halides is 1. The van der Waals surface area contributed by atoms with E-state index in [1.165, 1.54) is 50.5 Å². The number of hydrogen-bond acceptors (Lipinski definition) is 11. The first-order valence-corrected chi connectivity index (χ1v) is 29.7. The van der Waals surface area contributed by atoms with Crippen LogP contribution in [0.25, 0.3) is 21.3 Å². The highest BCUT2D eigenvalue weighted by molar-refractivity contribution is 7.13. The number of likely N-dealkylation sites (tertiary alicyclic amines) is 1. The Balaban J connectivity index is 0.692. The number of aliphatic hydroxyl groups excluding tert-OH is 1. The normalized spacial score (nSPS) is 19.7. The van der Waals surface area contributed by atoms with Crippen molar-refractivity contribution in [1.29, 1.82) is 0 Å². The van der Waals surface area contributed by atoms with Crippen LogP contribution < -0.4 is 10.6 Å². The second-order valence-electron chi connectivity index (χ2n) is 22.7. The number of fused-ring (bicyclic) bond motifs is 3. The fourth-order valence-electron chi connectivity index (χ4n) is 11.7. The van der Waals surface area contributed by atoms with Crippen LogP contribution in [0.15, 0.2) is 78.3 Å². The highest BCUT2D eigenvalue weighted by atomic mass is 35.5. The Morgan fingerprint density at radius 2 is 1.51 bits per heavy atom. The Morgan fingerprint density at radius 1 is 0.859 bits per heavy atom. The number of piperazine rings is 1. The summed E-state index contributed by atoms with van der Waals surface area (Å²) in [5.74, 6) is -1.56. The monoisotopic (exact) mass is 1100 g/mol. The number of unbranched alkanes of at least 4 members (excludes halogenated alkanes) is 9. The molecule has 3 aliphatic heterocycles. The van der Waals surface area contributed by atoms with Gasteiger partial charge in [-0.2, -0.15) is 0 Å². The van der Waals surface area contributed by atoms with Crippen molar-refractivity contribution in [1.82, 2.24) is 40.2 Å². The van der Waals surface area contributed by atoms with Crippen LogP contribution in [-0.4, -0.2) is 147 Å². The molecule has 3 aliphatic rings. The Hall–Kier alpha value is -5.65. The number of β-amino-alcohol motifs (C(OH)–C–C–N with tert-alkyl or cyclic N) is 1. The number of halogens is 1. The van der Waals surface area contributed by atoms with Gasteiger partial charge in [-0.15, -0.1) is 22.9 Å². The molecular weight excluding hydrogens is 1020 g/mol. The van der Waals surface area contributed by atoms with E-state index in [4.69, 9.17) is 16.3 Å². The second kappa shape index (κ2) is 27.0. The van der Waals surface area contributed by atoms with Crippen LogP contribution in [0.3, 0.4) is 0 Å². The summed E-state index contributed by atoms with van der Waals surface area (Å²) in [4.78, 5) is 84.7. The molecule has 17 heteroatoms. The molecule has 2 aromatic heterocycles. The van der Waals surface area contributed by atoms with Gasteiger partial charge in [0.05, 0.1) is 47.4 Å². The fraction of sp³-hybridized carbons (Fsp3) is 0.541. The SMILES string of the molecule is COC(=O)[C@H]1Cc2c([nH]c3ccccc23)[C@H](c2ccc(C(=O)N3CCN(CCCCCCCCCCCCN[C@H](C(=O)N4C[C@H](O)C[C@H]4C(=O)N[C@@H](C)c4ccc(-c5scnc5C)cc4)C(C)(C)C)CC3)cc2)N1C(=O)CCl. The molecule has 4 N–H and O–H groups in total. The van der Waals surface area contributed by atoms with Crippen molar-refractivity contribution in [3.63, 3.8) is 0 Å². The molecule has 3 aromatic carbocycles. The van der Waals surface area contributed by atoms with Gasteiger partial charge in [0, 0.05) is 67.7 Å². The van der Waals surface area contributed by atoms with Crippen molar-refractivity contribution >= 4 is 63.4 Å². The number of aryl methyl sites for hydroxylation is 1. The maximum absolute atomic E-state index is 14.1. The van der Waals surface area contributed by atoms with Crippen LogP contribution in [0, 0.1) is 12.3 Å². The molecular formula is C61H81ClN8O7S. The van der Waals surface area contributed by atoms with Crippen LogP contribution in [0.1, 0.15) is 149 Å². The van der Waals surface area contributed by atoms with E-state index in [0.717, 1.165) is 94.7 Å². The first-order chi connectivity index (χ1) is 37.6. The number of carbonyl (C=O) groups excluding carboxylic acids is 5. The molecule has 0 spiro atoms. The molecule has 5 aromatic rings. The van der Waals surface area contributed by atoms with Crippen LogP contribution >= 0.6 is 22.9 Å². The third kappa shape index (κ3) is 14.0. The molecule has 2 fully saturated rings. The van der Waals surface area contributed by atoms with Gasteiger partial charge in [0.2, 0.25) is 17.7 Å². The maximum Gasteiger partial charge on any atom is 0.328 e. The highest BCUT2D eigenvalue weighted by Crippen LogP contribution is 2.42. The van der Waals surface area contributed by atoms with Crippen LogP contribution in [0.2, 0.25) is 0 Å². The Labute approximate surface area is 469 Å². The summed E-state index contributed by atoms with van der Waals surface area (Å²) in [5.41, 5.74) is 8.57. The number of aliphatic hydroxyl groups is 1. The van der Waals surface area contributed by atoms with E-state index < -0.39 is 36.2 Å². The van der Waals surface area contributed by atoms with E-state index in [1.807, 2.05) is 118 Å². The molecule has 0 aliphatic carbocycles. The lowest BCUT2D eigenvalue weighted by atomic mass is 9.85. The van der Waals surface area contributed by atoms with E-state index in [0.29, 0.717) is 31.6 Å². The van der Waals surface area contributed by atoms with Gasteiger partial charge in [0.15, 0.2) is 0 Å². The zero-order valence-corrected chi connectivity index (χ0v) is 48.1. The van der Waals surface area contributed by atoms with Crippen molar-refractivity contribution in [2.24, 2.45) is 5.41 Å². The minimum atomic E-state index is -0.850. The molecule has 6 atom stereocenters.